The van der Waals surface area contributed by atoms with Crippen molar-refractivity contribution in [3.8, 4) is 11.1 Å². The van der Waals surface area contributed by atoms with Crippen LogP contribution in [0, 0.1) is 0 Å². The molecule has 6 heteroatoms. The van der Waals surface area contributed by atoms with Crippen molar-refractivity contribution in [2.24, 2.45) is 0 Å². The van der Waals surface area contributed by atoms with Crippen LogP contribution in [-0.4, -0.2) is 18.7 Å². The standard InChI is InChI=1S/C30H26N2O2S2/c1-20(2)26-17-25-7-4-12-31-29(25)27(18-26)24-6-3-5-22(15-24)16-28(30-32-13-14-35-30)23-10-8-21(9-11-23)19-36(33)34/h3-18,20H,19H2,1-2H3,(H,33,34)/b28-16+. The van der Waals surface area contributed by atoms with Crippen LogP contribution in [0.3, 0.4) is 0 Å². The van der Waals surface area contributed by atoms with Crippen molar-refractivity contribution in [3.05, 3.63) is 118 Å². The first-order valence-corrected chi connectivity index (χ1v) is 13.9. The van der Waals surface area contributed by atoms with Gasteiger partial charge in [-0.25, -0.2) is 9.19 Å². The van der Waals surface area contributed by atoms with Crippen molar-refractivity contribution >= 4 is 45.0 Å². The van der Waals surface area contributed by atoms with Gasteiger partial charge < -0.3 is 4.55 Å². The molecule has 0 saturated carbocycles. The molecule has 0 radical (unpaired) electrons. The number of hydrogen-bond donors (Lipinski definition) is 1. The van der Waals surface area contributed by atoms with Gasteiger partial charge in [0.25, 0.3) is 0 Å². The second kappa shape index (κ2) is 10.7. The number of hydrogen-bond acceptors (Lipinski definition) is 4. The molecule has 1 atom stereocenters. The third kappa shape index (κ3) is 5.36. The summed E-state index contributed by atoms with van der Waals surface area (Å²) in [6.07, 6.45) is 5.81. The fourth-order valence-electron chi connectivity index (χ4n) is 4.28. The summed E-state index contributed by atoms with van der Waals surface area (Å²) in [6.45, 7) is 4.43. The van der Waals surface area contributed by atoms with E-state index in [0.29, 0.717) is 5.92 Å². The summed E-state index contributed by atoms with van der Waals surface area (Å²) in [6, 6.07) is 24.9. The highest BCUT2D eigenvalue weighted by Crippen LogP contribution is 2.33. The minimum atomic E-state index is -1.86. The number of aromatic nitrogens is 2. The lowest BCUT2D eigenvalue weighted by Crippen LogP contribution is -1.94. The third-order valence-electron chi connectivity index (χ3n) is 6.12. The number of benzene rings is 3. The molecule has 5 rings (SSSR count). The number of nitrogens with zero attached hydrogens (tertiary/aromatic N) is 2. The highest BCUT2D eigenvalue weighted by Gasteiger charge is 2.12. The van der Waals surface area contributed by atoms with E-state index < -0.39 is 11.1 Å². The maximum absolute atomic E-state index is 11.2. The molecule has 0 bridgehead atoms. The van der Waals surface area contributed by atoms with Gasteiger partial charge in [0.2, 0.25) is 0 Å². The number of thiazole rings is 1. The zero-order valence-corrected chi connectivity index (χ0v) is 21.7. The van der Waals surface area contributed by atoms with E-state index in [1.165, 1.54) is 5.56 Å². The van der Waals surface area contributed by atoms with E-state index in [1.54, 1.807) is 11.3 Å². The SMILES string of the molecule is CC(C)c1cc(-c2cccc(/C=C(\c3ccc(CS(=O)O)cc3)c3nccs3)c2)c2ncccc2c1. The van der Waals surface area contributed by atoms with Gasteiger partial charge in [-0.05, 0) is 64.1 Å². The van der Waals surface area contributed by atoms with Crippen LogP contribution in [0.15, 0.2) is 90.6 Å². The zero-order chi connectivity index (χ0) is 25.1. The van der Waals surface area contributed by atoms with Crippen LogP contribution in [0.4, 0.5) is 0 Å². The van der Waals surface area contributed by atoms with E-state index in [-0.39, 0.29) is 5.75 Å². The smallest absolute Gasteiger partial charge is 0.157 e. The summed E-state index contributed by atoms with van der Waals surface area (Å²) in [4.78, 5) is 9.27. The first-order valence-electron chi connectivity index (χ1n) is 11.8. The van der Waals surface area contributed by atoms with Crippen LogP contribution in [0.25, 0.3) is 33.7 Å². The monoisotopic (exact) mass is 510 g/mol. The maximum Gasteiger partial charge on any atom is 0.157 e. The van der Waals surface area contributed by atoms with Crippen LogP contribution in [0.2, 0.25) is 0 Å². The highest BCUT2D eigenvalue weighted by molar-refractivity contribution is 7.78. The Labute approximate surface area is 217 Å². The van der Waals surface area contributed by atoms with Crippen LogP contribution in [0.1, 0.15) is 47.0 Å². The molecule has 180 valence electrons. The first-order chi connectivity index (χ1) is 17.5. The first kappa shape index (κ1) is 24.3. The van der Waals surface area contributed by atoms with E-state index in [0.717, 1.165) is 49.3 Å². The summed E-state index contributed by atoms with van der Waals surface area (Å²) >= 11 is -0.271. The Morgan fingerprint density at radius 1 is 1.00 bits per heavy atom. The Kier molecular flexibility index (Phi) is 7.18. The Balaban J connectivity index is 1.60. The molecule has 1 N–H and O–H groups in total. The number of fused-ring (bicyclic) bond motifs is 1. The molecule has 0 fully saturated rings. The van der Waals surface area contributed by atoms with Gasteiger partial charge in [0.1, 0.15) is 5.01 Å². The van der Waals surface area contributed by atoms with Gasteiger partial charge in [-0.1, -0.05) is 62.4 Å². The number of pyridine rings is 1. The molecule has 1 unspecified atom stereocenters. The fraction of sp³-hybridized carbons (Fsp3) is 0.133. The predicted octanol–water partition coefficient (Wildman–Crippen LogP) is 7.79. The summed E-state index contributed by atoms with van der Waals surface area (Å²) in [5, 5.41) is 4.04. The topological polar surface area (TPSA) is 63.1 Å². The van der Waals surface area contributed by atoms with Gasteiger partial charge in [0.15, 0.2) is 11.1 Å². The second-order valence-electron chi connectivity index (χ2n) is 8.98. The van der Waals surface area contributed by atoms with E-state index >= 15 is 0 Å². The summed E-state index contributed by atoms with van der Waals surface area (Å²) < 4.78 is 20.4. The average Bonchev–Trinajstić information content (AvgIpc) is 3.42. The summed E-state index contributed by atoms with van der Waals surface area (Å²) in [7, 11) is 0. The van der Waals surface area contributed by atoms with Gasteiger partial charge in [-0.15, -0.1) is 11.3 Å². The lowest BCUT2D eigenvalue weighted by molar-refractivity contribution is 0.563. The van der Waals surface area contributed by atoms with E-state index in [4.69, 9.17) is 4.98 Å². The van der Waals surface area contributed by atoms with E-state index in [2.05, 4.69) is 67.4 Å². The normalized spacial score (nSPS) is 12.8. The molecule has 5 aromatic rings. The largest absolute Gasteiger partial charge is 0.306 e. The molecule has 0 aliphatic rings. The minimum Gasteiger partial charge on any atom is -0.306 e. The number of rotatable bonds is 7. The van der Waals surface area contributed by atoms with Crippen LogP contribution in [0.5, 0.6) is 0 Å². The average molecular weight is 511 g/mol. The van der Waals surface area contributed by atoms with Gasteiger partial charge in [-0.2, -0.15) is 0 Å². The maximum atomic E-state index is 11.2. The molecular formula is C30H26N2O2S2. The Morgan fingerprint density at radius 2 is 1.83 bits per heavy atom. The van der Waals surface area contributed by atoms with Crippen molar-refractivity contribution < 1.29 is 8.76 Å². The summed E-state index contributed by atoms with van der Waals surface area (Å²) in [5.41, 5.74) is 8.45. The quantitative estimate of drug-likeness (QED) is 0.179. The summed E-state index contributed by atoms with van der Waals surface area (Å²) in [5.74, 6) is 0.537. The molecule has 4 nitrogen and oxygen atoms in total. The molecule has 0 amide bonds. The van der Waals surface area contributed by atoms with Crippen molar-refractivity contribution in [1.82, 2.24) is 9.97 Å². The lowest BCUT2D eigenvalue weighted by atomic mass is 9.93. The van der Waals surface area contributed by atoms with Crippen molar-refractivity contribution in [3.63, 3.8) is 0 Å². The van der Waals surface area contributed by atoms with Crippen LogP contribution in [-0.2, 0) is 16.8 Å². The zero-order valence-electron chi connectivity index (χ0n) is 20.1. The molecule has 0 aliphatic heterocycles. The van der Waals surface area contributed by atoms with E-state index in [1.807, 2.05) is 48.1 Å². The van der Waals surface area contributed by atoms with Gasteiger partial charge in [0, 0.05) is 34.3 Å². The predicted molar refractivity (Wildman–Crippen MR) is 151 cm³/mol. The molecule has 0 aliphatic carbocycles. The minimum absolute atomic E-state index is 0.121. The van der Waals surface area contributed by atoms with Crippen LogP contribution >= 0.6 is 11.3 Å². The van der Waals surface area contributed by atoms with Crippen molar-refractivity contribution in [1.29, 1.82) is 0 Å². The highest BCUT2D eigenvalue weighted by atomic mass is 32.2. The Morgan fingerprint density at radius 3 is 2.56 bits per heavy atom. The molecule has 0 saturated heterocycles. The Bertz CT molecular complexity index is 1560. The van der Waals surface area contributed by atoms with Crippen molar-refractivity contribution in [2.75, 3.05) is 0 Å². The molecule has 2 heterocycles. The van der Waals surface area contributed by atoms with Gasteiger partial charge in [-0.3, -0.25) is 4.98 Å². The second-order valence-corrected chi connectivity index (χ2v) is 10.8. The van der Waals surface area contributed by atoms with Crippen LogP contribution < -0.4 is 0 Å². The molecule has 3 aromatic carbocycles. The van der Waals surface area contributed by atoms with Gasteiger partial charge >= 0.3 is 0 Å². The third-order valence-corrected chi connectivity index (χ3v) is 7.51. The Hall–Kier alpha value is -3.45. The molecule has 2 aromatic heterocycles. The lowest BCUT2D eigenvalue weighted by Gasteiger charge is -2.13. The van der Waals surface area contributed by atoms with E-state index in [9.17, 15) is 8.76 Å². The van der Waals surface area contributed by atoms with Gasteiger partial charge in [0.05, 0.1) is 11.3 Å². The fourth-order valence-corrected chi connectivity index (χ4v) is 5.43. The van der Waals surface area contributed by atoms with Crippen molar-refractivity contribution in [2.45, 2.75) is 25.5 Å². The molecule has 0 spiro atoms. The molecular weight excluding hydrogens is 484 g/mol. The molecule has 36 heavy (non-hydrogen) atoms.